The lowest BCUT2D eigenvalue weighted by Gasteiger charge is -2.14. The number of rotatable bonds is 4. The van der Waals surface area contributed by atoms with Gasteiger partial charge in [-0.2, -0.15) is 5.26 Å². The molecule has 0 spiro atoms. The number of hydrogen-bond donors (Lipinski definition) is 1. The van der Waals surface area contributed by atoms with Crippen molar-refractivity contribution in [1.29, 1.82) is 5.26 Å². The summed E-state index contributed by atoms with van der Waals surface area (Å²) in [5.41, 5.74) is 6.25. The van der Waals surface area contributed by atoms with E-state index < -0.39 is 9.84 Å². The van der Waals surface area contributed by atoms with Gasteiger partial charge in [-0.25, -0.2) is 8.42 Å². The molecular formula is C13H17N3O2S. The highest BCUT2D eigenvalue weighted by atomic mass is 32.2. The van der Waals surface area contributed by atoms with E-state index in [1.165, 1.54) is 24.3 Å². The maximum absolute atomic E-state index is 12.1. The molecule has 0 aliphatic carbocycles. The molecule has 2 rings (SSSR count). The number of hydrogen-bond acceptors (Lipinski definition) is 5. The van der Waals surface area contributed by atoms with Crippen LogP contribution in [-0.4, -0.2) is 44.7 Å². The molecule has 1 aliphatic heterocycles. The van der Waals surface area contributed by atoms with Crippen molar-refractivity contribution in [3.8, 4) is 6.07 Å². The Morgan fingerprint density at radius 1 is 1.37 bits per heavy atom. The van der Waals surface area contributed by atoms with Crippen LogP contribution >= 0.6 is 0 Å². The maximum atomic E-state index is 12.1. The lowest BCUT2D eigenvalue weighted by molar-refractivity contribution is 0.354. The van der Waals surface area contributed by atoms with E-state index >= 15 is 0 Å². The molecule has 1 aromatic carbocycles. The minimum Gasteiger partial charge on any atom is -0.326 e. The highest BCUT2D eigenvalue weighted by Gasteiger charge is 2.22. The summed E-state index contributed by atoms with van der Waals surface area (Å²) in [6.45, 7) is 2.14. The van der Waals surface area contributed by atoms with E-state index in [1.54, 1.807) is 0 Å². The van der Waals surface area contributed by atoms with Crippen LogP contribution in [0.15, 0.2) is 29.2 Å². The third-order valence-electron chi connectivity index (χ3n) is 3.33. The molecule has 0 aromatic heterocycles. The molecule has 1 aliphatic rings. The Balaban J connectivity index is 1.99. The van der Waals surface area contributed by atoms with Gasteiger partial charge in [0, 0.05) is 19.1 Å². The fraction of sp³-hybridized carbons (Fsp3) is 0.462. The smallest absolute Gasteiger partial charge is 0.179 e. The van der Waals surface area contributed by atoms with E-state index in [4.69, 9.17) is 11.0 Å². The van der Waals surface area contributed by atoms with Crippen LogP contribution in [0.4, 0.5) is 0 Å². The van der Waals surface area contributed by atoms with E-state index in [-0.39, 0.29) is 16.7 Å². The SMILES string of the molecule is N#Cc1ccc(S(=O)(=O)CCN2CC[C@@H](N)C2)cc1. The van der Waals surface area contributed by atoms with Gasteiger partial charge >= 0.3 is 0 Å². The first-order valence-electron chi connectivity index (χ1n) is 6.22. The fourth-order valence-electron chi connectivity index (χ4n) is 2.17. The molecule has 1 atom stereocenters. The second-order valence-electron chi connectivity index (χ2n) is 4.80. The summed E-state index contributed by atoms with van der Waals surface area (Å²) in [6.07, 6.45) is 0.927. The van der Waals surface area contributed by atoms with E-state index in [0.29, 0.717) is 12.1 Å². The molecule has 19 heavy (non-hydrogen) atoms. The van der Waals surface area contributed by atoms with E-state index in [1.807, 2.05) is 6.07 Å². The average molecular weight is 279 g/mol. The van der Waals surface area contributed by atoms with E-state index in [9.17, 15) is 8.42 Å². The number of nitrogens with two attached hydrogens (primary N) is 1. The van der Waals surface area contributed by atoms with Gasteiger partial charge < -0.3 is 10.6 Å². The standard InChI is InChI=1S/C13H17N3O2S/c14-9-11-1-3-13(4-2-11)19(17,18)8-7-16-6-5-12(15)10-16/h1-4,12H,5-8,10,15H2/t12-/m1/s1. The molecule has 0 saturated carbocycles. The first-order valence-corrected chi connectivity index (χ1v) is 7.87. The van der Waals surface area contributed by atoms with Crippen LogP contribution in [0.3, 0.4) is 0 Å². The first-order chi connectivity index (χ1) is 9.01. The van der Waals surface area contributed by atoms with Gasteiger partial charge in [-0.15, -0.1) is 0 Å². The van der Waals surface area contributed by atoms with Crippen molar-refractivity contribution in [3.05, 3.63) is 29.8 Å². The van der Waals surface area contributed by atoms with Crippen LogP contribution in [0.25, 0.3) is 0 Å². The highest BCUT2D eigenvalue weighted by Crippen LogP contribution is 2.14. The topological polar surface area (TPSA) is 87.2 Å². The molecule has 0 unspecified atom stereocenters. The number of sulfone groups is 1. The Morgan fingerprint density at radius 2 is 2.05 bits per heavy atom. The van der Waals surface area contributed by atoms with Crippen LogP contribution < -0.4 is 5.73 Å². The second-order valence-corrected chi connectivity index (χ2v) is 6.91. The van der Waals surface area contributed by atoms with Crippen LogP contribution in [0.5, 0.6) is 0 Å². The number of likely N-dealkylation sites (tertiary alicyclic amines) is 1. The van der Waals surface area contributed by atoms with Gasteiger partial charge in [-0.1, -0.05) is 0 Å². The molecule has 6 heteroatoms. The third kappa shape index (κ3) is 3.53. The molecule has 1 heterocycles. The van der Waals surface area contributed by atoms with Gasteiger partial charge in [0.25, 0.3) is 0 Å². The van der Waals surface area contributed by atoms with Gasteiger partial charge in [0.1, 0.15) is 0 Å². The van der Waals surface area contributed by atoms with Gasteiger partial charge in [0.2, 0.25) is 0 Å². The minimum atomic E-state index is -3.28. The Hall–Kier alpha value is -1.42. The molecular weight excluding hydrogens is 262 g/mol. The van der Waals surface area contributed by atoms with Crippen LogP contribution in [-0.2, 0) is 9.84 Å². The summed E-state index contributed by atoms with van der Waals surface area (Å²) in [6, 6.07) is 8.17. The van der Waals surface area contributed by atoms with Gasteiger partial charge in [0.05, 0.1) is 22.3 Å². The Labute approximate surface area is 113 Å². The monoisotopic (exact) mass is 279 g/mol. The molecule has 102 valence electrons. The molecule has 1 saturated heterocycles. The van der Waals surface area contributed by atoms with Crippen molar-refractivity contribution in [1.82, 2.24) is 4.90 Å². The molecule has 5 nitrogen and oxygen atoms in total. The van der Waals surface area contributed by atoms with Crippen molar-refractivity contribution in [2.45, 2.75) is 17.4 Å². The molecule has 1 fully saturated rings. The zero-order valence-corrected chi connectivity index (χ0v) is 11.4. The molecule has 2 N–H and O–H groups in total. The van der Waals surface area contributed by atoms with Crippen molar-refractivity contribution in [3.63, 3.8) is 0 Å². The lowest BCUT2D eigenvalue weighted by atomic mass is 10.2. The third-order valence-corrected chi connectivity index (χ3v) is 5.04. The highest BCUT2D eigenvalue weighted by molar-refractivity contribution is 7.91. The second kappa shape index (κ2) is 5.70. The molecule has 0 bridgehead atoms. The van der Waals surface area contributed by atoms with E-state index in [0.717, 1.165) is 19.5 Å². The largest absolute Gasteiger partial charge is 0.326 e. The zero-order chi connectivity index (χ0) is 13.9. The predicted octanol–water partition coefficient (Wildman–Crippen LogP) is 0.365. The predicted molar refractivity (Wildman–Crippen MR) is 72.2 cm³/mol. The van der Waals surface area contributed by atoms with Crippen LogP contribution in [0.1, 0.15) is 12.0 Å². The summed E-state index contributed by atoms with van der Waals surface area (Å²) < 4.78 is 24.3. The van der Waals surface area contributed by atoms with Gasteiger partial charge in [-0.3, -0.25) is 0 Å². The van der Waals surface area contributed by atoms with Gasteiger partial charge in [0.15, 0.2) is 9.84 Å². The number of nitrogens with zero attached hydrogens (tertiary/aromatic N) is 2. The van der Waals surface area contributed by atoms with Crippen molar-refractivity contribution in [2.75, 3.05) is 25.4 Å². The zero-order valence-electron chi connectivity index (χ0n) is 10.6. The summed E-state index contributed by atoms with van der Waals surface area (Å²) >= 11 is 0. The molecule has 0 amide bonds. The quantitative estimate of drug-likeness (QED) is 0.860. The summed E-state index contributed by atoms with van der Waals surface area (Å²) in [5, 5.41) is 8.69. The fourth-order valence-corrected chi connectivity index (χ4v) is 3.45. The maximum Gasteiger partial charge on any atom is 0.179 e. The summed E-state index contributed by atoms with van der Waals surface area (Å²) in [5.74, 6) is 0.0889. The lowest BCUT2D eigenvalue weighted by Crippen LogP contribution is -2.30. The Kier molecular flexibility index (Phi) is 4.20. The Morgan fingerprint density at radius 3 is 2.58 bits per heavy atom. The van der Waals surface area contributed by atoms with E-state index in [2.05, 4.69) is 4.90 Å². The molecule has 0 radical (unpaired) electrons. The Bertz CT molecular complexity index is 575. The van der Waals surface area contributed by atoms with Crippen LogP contribution in [0.2, 0.25) is 0 Å². The normalized spacial score (nSPS) is 20.3. The summed E-state index contributed by atoms with van der Waals surface area (Å²) in [4.78, 5) is 2.35. The average Bonchev–Trinajstić information content (AvgIpc) is 2.82. The van der Waals surface area contributed by atoms with Crippen molar-refractivity contribution < 1.29 is 8.42 Å². The first kappa shape index (κ1) is 14.0. The number of nitriles is 1. The minimum absolute atomic E-state index is 0.0889. The summed E-state index contributed by atoms with van der Waals surface area (Å²) in [7, 11) is -3.28. The van der Waals surface area contributed by atoms with Crippen molar-refractivity contribution in [2.24, 2.45) is 5.73 Å². The van der Waals surface area contributed by atoms with Crippen molar-refractivity contribution >= 4 is 9.84 Å². The number of benzene rings is 1. The molecule has 1 aromatic rings. The van der Waals surface area contributed by atoms with Crippen LogP contribution in [0, 0.1) is 11.3 Å². The van der Waals surface area contributed by atoms with Gasteiger partial charge in [-0.05, 0) is 37.2 Å².